The number of rotatable bonds is 2. The molecule has 4 atom stereocenters. The van der Waals surface area contributed by atoms with E-state index in [4.69, 9.17) is 4.74 Å². The van der Waals surface area contributed by atoms with E-state index in [1.165, 1.54) is 30.0 Å². The van der Waals surface area contributed by atoms with E-state index in [9.17, 15) is 14.6 Å². The van der Waals surface area contributed by atoms with Crippen molar-refractivity contribution in [3.63, 3.8) is 0 Å². The van der Waals surface area contributed by atoms with Crippen LogP contribution in [0.3, 0.4) is 0 Å². The van der Waals surface area contributed by atoms with Gasteiger partial charge in [0.15, 0.2) is 11.9 Å². The van der Waals surface area contributed by atoms with Crippen LogP contribution in [0.25, 0.3) is 11.0 Å². The summed E-state index contributed by atoms with van der Waals surface area (Å²) < 4.78 is 35.8. The van der Waals surface area contributed by atoms with Gasteiger partial charge in [0, 0.05) is 11.8 Å². The molecule has 1 aliphatic heterocycles. The maximum absolute atomic E-state index is 15.3. The lowest BCUT2D eigenvalue weighted by molar-refractivity contribution is -0.0564. The number of aryl methyl sites for hydroxylation is 1. The van der Waals surface area contributed by atoms with Gasteiger partial charge in [0.05, 0.1) is 23.3 Å². The second-order valence-corrected chi connectivity index (χ2v) is 7.17. The van der Waals surface area contributed by atoms with Crippen LogP contribution in [0.1, 0.15) is 30.0 Å². The van der Waals surface area contributed by atoms with Crippen molar-refractivity contribution in [1.29, 1.82) is 0 Å². The number of hydrogen-bond acceptors (Lipinski definition) is 5. The molecule has 0 unspecified atom stereocenters. The minimum Gasteiger partial charge on any atom is -0.394 e. The average Bonchev–Trinajstić information content (AvgIpc) is 3.16. The third-order valence-electron chi connectivity index (χ3n) is 5.11. The summed E-state index contributed by atoms with van der Waals surface area (Å²) in [5.41, 5.74) is -0.131. The highest BCUT2D eigenvalue weighted by atomic mass is 19.1. The molecule has 1 aliphatic rings. The lowest BCUT2D eigenvalue weighted by Gasteiger charge is -2.25. The van der Waals surface area contributed by atoms with Gasteiger partial charge in [0.2, 0.25) is 0 Å². The molecule has 0 bridgehead atoms. The van der Waals surface area contributed by atoms with E-state index in [0.29, 0.717) is 27.9 Å². The first kappa shape index (κ1) is 19.5. The van der Waals surface area contributed by atoms with Gasteiger partial charge in [-0.1, -0.05) is 17.9 Å². The molecule has 0 amide bonds. The zero-order chi connectivity index (χ0) is 20.8. The molecule has 3 heterocycles. The Balaban J connectivity index is 1.85. The Morgan fingerprint density at radius 2 is 2.10 bits per heavy atom. The number of aliphatic hydroxyl groups excluding tert-OH is 2. The van der Waals surface area contributed by atoms with Gasteiger partial charge in [0.25, 0.3) is 0 Å². The first-order valence-electron chi connectivity index (χ1n) is 9.06. The topological polar surface area (TPSA) is 80.4 Å². The molecule has 150 valence electrons. The number of alkyl halides is 1. The molecular weight excluding hydrogens is 380 g/mol. The fraction of sp³-hybridized carbons (Fsp3) is 0.333. The van der Waals surface area contributed by atoms with E-state index in [0.717, 1.165) is 0 Å². The molecule has 0 radical (unpaired) electrons. The summed E-state index contributed by atoms with van der Waals surface area (Å²) in [5, 5.41) is 20.2. The quantitative estimate of drug-likeness (QED) is 0.646. The molecule has 0 saturated carbocycles. The second kappa shape index (κ2) is 7.19. The van der Waals surface area contributed by atoms with Crippen LogP contribution in [0.4, 0.5) is 8.78 Å². The molecule has 1 fully saturated rings. The molecule has 29 heavy (non-hydrogen) atoms. The van der Waals surface area contributed by atoms with Crippen LogP contribution in [0.2, 0.25) is 0 Å². The largest absolute Gasteiger partial charge is 0.394 e. The van der Waals surface area contributed by atoms with Crippen molar-refractivity contribution in [2.45, 2.75) is 38.0 Å². The van der Waals surface area contributed by atoms with E-state index in [2.05, 4.69) is 21.8 Å². The van der Waals surface area contributed by atoms with Gasteiger partial charge < -0.3 is 19.5 Å². The fourth-order valence-corrected chi connectivity index (χ4v) is 3.58. The molecule has 2 aromatic heterocycles. The van der Waals surface area contributed by atoms with Crippen LogP contribution in [-0.2, 0) is 4.74 Å². The third kappa shape index (κ3) is 3.27. The van der Waals surface area contributed by atoms with Crippen LogP contribution in [0.15, 0.2) is 36.8 Å². The van der Waals surface area contributed by atoms with Crippen LogP contribution in [0, 0.1) is 24.6 Å². The zero-order valence-electron chi connectivity index (χ0n) is 15.8. The fourth-order valence-electron chi connectivity index (χ4n) is 3.58. The average molecular weight is 399 g/mol. The molecule has 4 rings (SSSR count). The van der Waals surface area contributed by atoms with Crippen LogP contribution >= 0.6 is 0 Å². The number of aliphatic hydroxyl groups is 2. The number of fused-ring (bicyclic) bond motifs is 1. The summed E-state index contributed by atoms with van der Waals surface area (Å²) in [6.07, 6.45) is -0.844. The predicted octanol–water partition coefficient (Wildman–Crippen LogP) is 2.26. The van der Waals surface area contributed by atoms with Gasteiger partial charge in [-0.15, -0.1) is 0 Å². The zero-order valence-corrected chi connectivity index (χ0v) is 15.8. The molecule has 8 heteroatoms. The van der Waals surface area contributed by atoms with E-state index in [1.807, 2.05) is 0 Å². The molecular formula is C21H19F2N3O3. The van der Waals surface area contributed by atoms with Gasteiger partial charge in [-0.2, -0.15) is 0 Å². The van der Waals surface area contributed by atoms with Gasteiger partial charge in [-0.25, -0.2) is 18.7 Å². The summed E-state index contributed by atoms with van der Waals surface area (Å²) >= 11 is 0. The van der Waals surface area contributed by atoms with Gasteiger partial charge in [0.1, 0.15) is 30.0 Å². The van der Waals surface area contributed by atoms with E-state index < -0.39 is 36.5 Å². The lowest BCUT2D eigenvalue weighted by Crippen LogP contribution is -2.40. The minimum absolute atomic E-state index is 0.390. The van der Waals surface area contributed by atoms with Crippen molar-refractivity contribution < 1.29 is 23.7 Å². The van der Waals surface area contributed by atoms with E-state index in [-0.39, 0.29) is 0 Å². The van der Waals surface area contributed by atoms with Crippen molar-refractivity contribution in [2.24, 2.45) is 0 Å². The van der Waals surface area contributed by atoms with Crippen molar-refractivity contribution >= 4 is 11.0 Å². The van der Waals surface area contributed by atoms with Crippen molar-refractivity contribution in [3.8, 4) is 11.8 Å². The molecule has 1 aromatic carbocycles. The number of benzene rings is 1. The standard InChI is InChI=1S/C21H19F2N3O3/c1-12-17-14(7-6-13-4-3-5-15(22)8-13)9-26(19(17)25-11-24-12)20-21(2,23)18(28)16(10-27)29-20/h3-5,8-9,11,16,18,20,27-28H,10H2,1-2H3/t16-,18-,20-,21-/m1/s1. The predicted molar refractivity (Wildman–Crippen MR) is 101 cm³/mol. The Hall–Kier alpha value is -2.86. The summed E-state index contributed by atoms with van der Waals surface area (Å²) in [6, 6.07) is 5.89. The number of ether oxygens (including phenoxy) is 1. The maximum atomic E-state index is 15.3. The Morgan fingerprint density at radius 1 is 1.31 bits per heavy atom. The van der Waals surface area contributed by atoms with Crippen molar-refractivity contribution in [1.82, 2.24) is 14.5 Å². The third-order valence-corrected chi connectivity index (χ3v) is 5.11. The first-order valence-corrected chi connectivity index (χ1v) is 9.06. The smallest absolute Gasteiger partial charge is 0.181 e. The van der Waals surface area contributed by atoms with Crippen LogP contribution in [-0.4, -0.2) is 49.2 Å². The van der Waals surface area contributed by atoms with Crippen molar-refractivity contribution in [2.75, 3.05) is 6.61 Å². The Kier molecular flexibility index (Phi) is 4.82. The second-order valence-electron chi connectivity index (χ2n) is 7.17. The summed E-state index contributed by atoms with van der Waals surface area (Å²) in [6.45, 7) is 2.48. The highest BCUT2D eigenvalue weighted by Crippen LogP contribution is 2.43. The van der Waals surface area contributed by atoms with E-state index >= 15 is 4.39 Å². The Bertz CT molecular complexity index is 1130. The Labute approximate surface area is 165 Å². The summed E-state index contributed by atoms with van der Waals surface area (Å²) in [4.78, 5) is 8.43. The lowest BCUT2D eigenvalue weighted by atomic mass is 9.98. The molecule has 2 N–H and O–H groups in total. The first-order chi connectivity index (χ1) is 13.8. The molecule has 3 aromatic rings. The summed E-state index contributed by atoms with van der Waals surface area (Å²) in [5.74, 6) is 5.47. The highest BCUT2D eigenvalue weighted by molar-refractivity contribution is 5.86. The summed E-state index contributed by atoms with van der Waals surface area (Å²) in [7, 11) is 0. The van der Waals surface area contributed by atoms with Crippen molar-refractivity contribution in [3.05, 3.63) is 59.4 Å². The van der Waals surface area contributed by atoms with Gasteiger partial charge in [-0.3, -0.25) is 0 Å². The minimum atomic E-state index is -2.16. The van der Waals surface area contributed by atoms with Crippen LogP contribution in [0.5, 0.6) is 0 Å². The van der Waals surface area contributed by atoms with Crippen LogP contribution < -0.4 is 0 Å². The molecule has 0 aliphatic carbocycles. The SMILES string of the molecule is Cc1ncnc2c1c(C#Cc1cccc(F)c1)cn2[C@@H]1O[C@H](CO)[C@@H](O)[C@@]1(C)F. The molecule has 0 spiro atoms. The molecule has 6 nitrogen and oxygen atoms in total. The number of aromatic nitrogens is 3. The van der Waals surface area contributed by atoms with E-state index in [1.54, 1.807) is 25.3 Å². The highest BCUT2D eigenvalue weighted by Gasteiger charge is 2.55. The normalized spacial score (nSPS) is 26.5. The van der Waals surface area contributed by atoms with Gasteiger partial charge >= 0.3 is 0 Å². The molecule has 1 saturated heterocycles. The number of nitrogens with zero attached hydrogens (tertiary/aromatic N) is 3. The number of halogens is 2. The monoisotopic (exact) mass is 399 g/mol. The maximum Gasteiger partial charge on any atom is 0.181 e. The Morgan fingerprint density at radius 3 is 2.79 bits per heavy atom. The van der Waals surface area contributed by atoms with Gasteiger partial charge in [-0.05, 0) is 32.0 Å². The number of hydrogen-bond donors (Lipinski definition) is 2.